The Hall–Kier alpha value is -1.78. The van der Waals surface area contributed by atoms with Gasteiger partial charge in [-0.1, -0.05) is 0 Å². The molecule has 0 amide bonds. The van der Waals surface area contributed by atoms with Gasteiger partial charge in [0.2, 0.25) is 0 Å². The summed E-state index contributed by atoms with van der Waals surface area (Å²) >= 11 is 0. The zero-order valence-electron chi connectivity index (χ0n) is 12.7. The van der Waals surface area contributed by atoms with Crippen molar-refractivity contribution in [2.75, 3.05) is 26.9 Å². The highest BCUT2D eigenvalue weighted by Crippen LogP contribution is 2.11. The SMILES string of the molecule is C[N+](C)(C)[C@@H](Cc1cnc(S(=O)CC([NH3+])C(=O)[O-])[nH]1)C(=O)[O-]. The fourth-order valence-electron chi connectivity index (χ4n) is 1.77. The van der Waals surface area contributed by atoms with Gasteiger partial charge in [0.05, 0.1) is 43.7 Å². The van der Waals surface area contributed by atoms with Crippen LogP contribution >= 0.6 is 0 Å². The van der Waals surface area contributed by atoms with Crippen LogP contribution in [0.1, 0.15) is 5.69 Å². The van der Waals surface area contributed by atoms with Gasteiger partial charge in [0, 0.05) is 18.3 Å². The monoisotopic (exact) mass is 332 g/mol. The molecule has 9 nitrogen and oxygen atoms in total. The fourth-order valence-corrected chi connectivity index (χ4v) is 2.84. The lowest BCUT2D eigenvalue weighted by Crippen LogP contribution is -2.70. The van der Waals surface area contributed by atoms with Gasteiger partial charge >= 0.3 is 0 Å². The lowest BCUT2D eigenvalue weighted by molar-refractivity contribution is -0.889. The first kappa shape index (κ1) is 18.3. The molecule has 4 N–H and O–H groups in total. The van der Waals surface area contributed by atoms with Crippen LogP contribution in [0.2, 0.25) is 0 Å². The number of imidazole rings is 1. The number of aromatic amines is 1. The van der Waals surface area contributed by atoms with Gasteiger partial charge in [0.25, 0.3) is 0 Å². The normalized spacial score (nSPS) is 16.0. The average Bonchev–Trinajstić information content (AvgIpc) is 2.82. The summed E-state index contributed by atoms with van der Waals surface area (Å²) in [5, 5.41) is 21.9. The molecule has 10 heteroatoms. The van der Waals surface area contributed by atoms with Gasteiger partial charge in [0.1, 0.15) is 18.1 Å². The van der Waals surface area contributed by atoms with E-state index in [1.54, 1.807) is 21.1 Å². The maximum Gasteiger partial charge on any atom is 0.196 e. The van der Waals surface area contributed by atoms with Gasteiger partial charge in [0.15, 0.2) is 5.16 Å². The molecule has 0 bridgehead atoms. The summed E-state index contributed by atoms with van der Waals surface area (Å²) in [6.07, 6.45) is 1.51. The topological polar surface area (TPSA) is 154 Å². The first-order chi connectivity index (χ1) is 10.0. The number of H-pyrrole nitrogens is 1. The number of nitrogens with zero attached hydrogens (tertiary/aromatic N) is 2. The zero-order valence-corrected chi connectivity index (χ0v) is 13.5. The van der Waals surface area contributed by atoms with Gasteiger partial charge in [-0.3, -0.25) is 4.21 Å². The summed E-state index contributed by atoms with van der Waals surface area (Å²) in [6.45, 7) is 0. The van der Waals surface area contributed by atoms with Crippen LogP contribution in [0.15, 0.2) is 11.4 Å². The van der Waals surface area contributed by atoms with Crippen LogP contribution in [0.25, 0.3) is 0 Å². The summed E-state index contributed by atoms with van der Waals surface area (Å²) in [7, 11) is 3.50. The second-order valence-corrected chi connectivity index (χ2v) is 7.31. The third-order valence-electron chi connectivity index (χ3n) is 3.13. The largest absolute Gasteiger partial charge is 0.544 e. The van der Waals surface area contributed by atoms with Crippen molar-refractivity contribution in [2.45, 2.75) is 23.7 Å². The van der Waals surface area contributed by atoms with Crippen molar-refractivity contribution < 1.29 is 34.2 Å². The Morgan fingerprint density at radius 3 is 2.41 bits per heavy atom. The second-order valence-electron chi connectivity index (χ2n) is 5.90. The third kappa shape index (κ3) is 4.90. The van der Waals surface area contributed by atoms with Crippen LogP contribution in [-0.4, -0.2) is 69.6 Å². The molecule has 3 atom stereocenters. The number of nitrogens with one attached hydrogen (secondary N) is 1. The molecule has 1 rings (SSSR count). The van der Waals surface area contributed by atoms with Crippen molar-refractivity contribution >= 4 is 22.7 Å². The predicted octanol–water partition coefficient (Wildman–Crippen LogP) is -4.76. The van der Waals surface area contributed by atoms with Crippen LogP contribution in [0.4, 0.5) is 0 Å². The Morgan fingerprint density at radius 2 is 1.95 bits per heavy atom. The summed E-state index contributed by atoms with van der Waals surface area (Å²) < 4.78 is 12.1. The van der Waals surface area contributed by atoms with Crippen molar-refractivity contribution in [3.8, 4) is 0 Å². The molecule has 0 saturated heterocycles. The van der Waals surface area contributed by atoms with Crippen LogP contribution in [0.3, 0.4) is 0 Å². The number of hydrogen-bond donors (Lipinski definition) is 2. The number of carboxylic acid groups (broad SMARTS) is 2. The Morgan fingerprint density at radius 1 is 1.36 bits per heavy atom. The molecular formula is C12H20N4O5S. The van der Waals surface area contributed by atoms with Crippen molar-refractivity contribution in [1.29, 1.82) is 0 Å². The number of quaternary nitrogens is 2. The number of rotatable bonds is 8. The minimum absolute atomic E-state index is 0.0865. The van der Waals surface area contributed by atoms with Gasteiger partial charge in [-0.2, -0.15) is 0 Å². The predicted molar refractivity (Wildman–Crippen MR) is 72.1 cm³/mol. The van der Waals surface area contributed by atoms with Crippen molar-refractivity contribution in [3.63, 3.8) is 0 Å². The molecule has 124 valence electrons. The molecule has 1 aromatic heterocycles. The third-order valence-corrected chi connectivity index (χ3v) is 4.47. The highest BCUT2D eigenvalue weighted by atomic mass is 32.2. The standard InChI is InChI=1S/C12H20N4O5S/c1-16(2,3)9(11(19)20)4-7-5-14-12(15-7)22(21)6-8(13)10(17)18/h5,8-9H,4,6,13H2,1-3H3,(H2-,14,15,17,18,19,20)/t8?,9-,22?/m0/s1. The number of carboxylic acids is 2. The van der Waals surface area contributed by atoms with E-state index in [1.165, 1.54) is 6.20 Å². The fraction of sp³-hybridized carbons (Fsp3) is 0.583. The van der Waals surface area contributed by atoms with Crippen LogP contribution < -0.4 is 15.9 Å². The maximum atomic E-state index is 11.9. The molecule has 1 aromatic rings. The van der Waals surface area contributed by atoms with Gasteiger partial charge < -0.3 is 35.0 Å². The Balaban J connectivity index is 2.81. The molecule has 0 aliphatic rings. The molecule has 0 aliphatic heterocycles. The number of aromatic nitrogens is 2. The number of aliphatic carboxylic acids is 2. The van der Waals surface area contributed by atoms with Gasteiger partial charge in [-0.05, 0) is 0 Å². The van der Waals surface area contributed by atoms with Crippen LogP contribution in [0, 0.1) is 0 Å². The Kier molecular flexibility index (Phi) is 5.80. The molecule has 0 saturated carbocycles. The molecule has 1 heterocycles. The molecule has 0 aromatic carbocycles. The van der Waals surface area contributed by atoms with E-state index in [0.717, 1.165) is 0 Å². The van der Waals surface area contributed by atoms with E-state index in [2.05, 4.69) is 15.7 Å². The van der Waals surface area contributed by atoms with Gasteiger partial charge in [-0.15, -0.1) is 0 Å². The number of hydrogen-bond acceptors (Lipinski definition) is 6. The van der Waals surface area contributed by atoms with E-state index >= 15 is 0 Å². The summed E-state index contributed by atoms with van der Waals surface area (Å²) in [4.78, 5) is 28.5. The van der Waals surface area contributed by atoms with Crippen LogP contribution in [0.5, 0.6) is 0 Å². The highest BCUT2D eigenvalue weighted by molar-refractivity contribution is 7.84. The summed E-state index contributed by atoms with van der Waals surface area (Å²) in [5.41, 5.74) is 3.81. The first-order valence-corrected chi connectivity index (χ1v) is 7.82. The molecule has 0 radical (unpaired) electrons. The Bertz CT molecular complexity index is 580. The van der Waals surface area contributed by atoms with Gasteiger partial charge in [-0.25, -0.2) is 4.98 Å². The zero-order chi connectivity index (χ0) is 17.1. The molecular weight excluding hydrogens is 312 g/mol. The number of carbonyl (C=O) groups excluding carboxylic acids is 2. The quantitative estimate of drug-likeness (QED) is 0.456. The number of likely N-dealkylation sites (N-methyl/N-ethyl adjacent to an activating group) is 1. The van der Waals surface area contributed by atoms with Crippen LogP contribution in [-0.2, 0) is 26.8 Å². The Labute approximate surface area is 130 Å². The highest BCUT2D eigenvalue weighted by Gasteiger charge is 2.26. The second kappa shape index (κ2) is 6.99. The van der Waals surface area contributed by atoms with E-state index in [1.807, 2.05) is 0 Å². The lowest BCUT2D eigenvalue weighted by atomic mass is 10.1. The van der Waals surface area contributed by atoms with E-state index in [-0.39, 0.29) is 21.8 Å². The number of carbonyl (C=O) groups is 2. The molecule has 2 unspecified atom stereocenters. The van der Waals surface area contributed by atoms with Crippen molar-refractivity contribution in [3.05, 3.63) is 11.9 Å². The van der Waals surface area contributed by atoms with E-state index in [4.69, 9.17) is 0 Å². The minimum atomic E-state index is -1.68. The average molecular weight is 332 g/mol. The van der Waals surface area contributed by atoms with E-state index < -0.39 is 34.8 Å². The maximum absolute atomic E-state index is 11.9. The minimum Gasteiger partial charge on any atom is -0.544 e. The molecule has 0 fully saturated rings. The van der Waals surface area contributed by atoms with Crippen molar-refractivity contribution in [2.24, 2.45) is 0 Å². The first-order valence-electron chi connectivity index (χ1n) is 6.50. The molecule has 0 spiro atoms. The summed E-state index contributed by atoms with van der Waals surface area (Å²) in [6, 6.07) is -1.91. The summed E-state index contributed by atoms with van der Waals surface area (Å²) in [5.74, 6) is -2.81. The smallest absolute Gasteiger partial charge is 0.196 e. The molecule has 22 heavy (non-hydrogen) atoms. The van der Waals surface area contributed by atoms with E-state index in [9.17, 15) is 24.0 Å². The van der Waals surface area contributed by atoms with E-state index in [0.29, 0.717) is 5.69 Å². The lowest BCUT2D eigenvalue weighted by Gasteiger charge is -2.34. The molecule has 0 aliphatic carbocycles. The van der Waals surface area contributed by atoms with Crippen molar-refractivity contribution in [1.82, 2.24) is 9.97 Å².